The van der Waals surface area contributed by atoms with Gasteiger partial charge in [0.15, 0.2) is 9.84 Å². The van der Waals surface area contributed by atoms with E-state index >= 15 is 0 Å². The summed E-state index contributed by atoms with van der Waals surface area (Å²) in [7, 11) is -2.98. The lowest BCUT2D eigenvalue weighted by Crippen LogP contribution is -2.41. The van der Waals surface area contributed by atoms with Crippen molar-refractivity contribution >= 4 is 9.84 Å². The van der Waals surface area contributed by atoms with Crippen LogP contribution < -0.4 is 5.73 Å². The SMILES string of the molecule is CCC(C)CS(=O)(=O)CC(C)(C)N. The Morgan fingerprint density at radius 2 is 1.85 bits per heavy atom. The highest BCUT2D eigenvalue weighted by Crippen LogP contribution is 2.10. The molecule has 0 aromatic heterocycles. The van der Waals surface area contributed by atoms with Gasteiger partial charge in [0.1, 0.15) is 0 Å². The fourth-order valence-electron chi connectivity index (χ4n) is 1.18. The van der Waals surface area contributed by atoms with E-state index in [0.717, 1.165) is 6.42 Å². The minimum absolute atomic E-state index is 0.0737. The molecule has 0 aliphatic heterocycles. The van der Waals surface area contributed by atoms with E-state index < -0.39 is 15.4 Å². The summed E-state index contributed by atoms with van der Waals surface area (Å²) < 4.78 is 23.1. The molecule has 0 heterocycles. The van der Waals surface area contributed by atoms with Gasteiger partial charge in [0.2, 0.25) is 0 Å². The second-order valence-electron chi connectivity index (χ2n) is 4.56. The summed E-state index contributed by atoms with van der Waals surface area (Å²) in [6.45, 7) is 7.41. The van der Waals surface area contributed by atoms with Crippen molar-refractivity contribution in [3.8, 4) is 0 Å². The maximum Gasteiger partial charge on any atom is 0.152 e. The zero-order valence-corrected chi connectivity index (χ0v) is 9.82. The van der Waals surface area contributed by atoms with E-state index in [0.29, 0.717) is 0 Å². The van der Waals surface area contributed by atoms with Crippen LogP contribution in [0.5, 0.6) is 0 Å². The first-order valence-electron chi connectivity index (χ1n) is 4.65. The number of nitrogens with two attached hydrogens (primary N) is 1. The van der Waals surface area contributed by atoms with Crippen LogP contribution in [0, 0.1) is 5.92 Å². The first-order valence-corrected chi connectivity index (χ1v) is 6.48. The third-order valence-corrected chi connectivity index (χ3v) is 4.09. The molecule has 0 saturated heterocycles. The van der Waals surface area contributed by atoms with Crippen molar-refractivity contribution in [2.45, 2.75) is 39.7 Å². The van der Waals surface area contributed by atoms with E-state index in [1.54, 1.807) is 13.8 Å². The monoisotopic (exact) mass is 207 g/mol. The highest BCUT2D eigenvalue weighted by Gasteiger charge is 2.23. The Kier molecular flexibility index (Phi) is 4.39. The van der Waals surface area contributed by atoms with Crippen molar-refractivity contribution in [3.05, 3.63) is 0 Å². The molecule has 80 valence electrons. The van der Waals surface area contributed by atoms with Crippen LogP contribution in [0.15, 0.2) is 0 Å². The number of rotatable bonds is 5. The van der Waals surface area contributed by atoms with Crippen LogP contribution in [0.1, 0.15) is 34.1 Å². The van der Waals surface area contributed by atoms with Crippen LogP contribution in [0.4, 0.5) is 0 Å². The van der Waals surface area contributed by atoms with Crippen LogP contribution in [0.3, 0.4) is 0 Å². The van der Waals surface area contributed by atoms with Gasteiger partial charge in [-0.25, -0.2) is 8.42 Å². The summed E-state index contributed by atoms with van der Waals surface area (Å²) >= 11 is 0. The molecule has 2 N–H and O–H groups in total. The van der Waals surface area contributed by atoms with Crippen molar-refractivity contribution in [2.75, 3.05) is 11.5 Å². The smallest absolute Gasteiger partial charge is 0.152 e. The van der Waals surface area contributed by atoms with Crippen molar-refractivity contribution < 1.29 is 8.42 Å². The molecule has 0 amide bonds. The molecule has 13 heavy (non-hydrogen) atoms. The molecule has 0 aromatic carbocycles. The van der Waals surface area contributed by atoms with E-state index in [1.807, 2.05) is 13.8 Å². The van der Waals surface area contributed by atoms with Crippen molar-refractivity contribution in [2.24, 2.45) is 11.7 Å². The van der Waals surface area contributed by atoms with Gasteiger partial charge in [-0.1, -0.05) is 20.3 Å². The van der Waals surface area contributed by atoms with E-state index in [4.69, 9.17) is 5.73 Å². The molecule has 0 saturated carbocycles. The Bertz CT molecular complexity index is 239. The number of hydrogen-bond acceptors (Lipinski definition) is 3. The quantitative estimate of drug-likeness (QED) is 0.736. The fourth-order valence-corrected chi connectivity index (χ4v) is 3.53. The third kappa shape index (κ3) is 7.02. The van der Waals surface area contributed by atoms with E-state index in [9.17, 15) is 8.42 Å². The number of sulfone groups is 1. The molecule has 0 aromatic rings. The summed E-state index contributed by atoms with van der Waals surface area (Å²) in [6, 6.07) is 0. The molecule has 0 aliphatic carbocycles. The van der Waals surface area contributed by atoms with E-state index in [2.05, 4.69) is 0 Å². The molecule has 1 atom stereocenters. The maximum atomic E-state index is 11.5. The minimum atomic E-state index is -2.98. The van der Waals surface area contributed by atoms with Gasteiger partial charge in [-0.2, -0.15) is 0 Å². The molecule has 0 bridgehead atoms. The normalized spacial score (nSPS) is 15.8. The van der Waals surface area contributed by atoms with Crippen LogP contribution in [-0.2, 0) is 9.84 Å². The lowest BCUT2D eigenvalue weighted by Gasteiger charge is -2.19. The van der Waals surface area contributed by atoms with Gasteiger partial charge in [0, 0.05) is 5.54 Å². The van der Waals surface area contributed by atoms with Crippen LogP contribution in [0.25, 0.3) is 0 Å². The third-order valence-electron chi connectivity index (χ3n) is 1.83. The predicted molar refractivity (Wildman–Crippen MR) is 56.4 cm³/mol. The van der Waals surface area contributed by atoms with Gasteiger partial charge in [-0.15, -0.1) is 0 Å². The van der Waals surface area contributed by atoms with Crippen LogP contribution >= 0.6 is 0 Å². The molecule has 0 spiro atoms. The zero-order chi connectivity index (χ0) is 10.7. The fraction of sp³-hybridized carbons (Fsp3) is 1.00. The lowest BCUT2D eigenvalue weighted by molar-refractivity contribution is 0.529. The predicted octanol–water partition coefficient (Wildman–Crippen LogP) is 1.18. The Labute approximate surface area is 81.6 Å². The highest BCUT2D eigenvalue weighted by molar-refractivity contribution is 7.91. The average Bonchev–Trinajstić information content (AvgIpc) is 1.80. The van der Waals surface area contributed by atoms with Crippen LogP contribution in [-0.4, -0.2) is 25.5 Å². The summed E-state index contributed by atoms with van der Waals surface area (Å²) in [5.74, 6) is 0.557. The summed E-state index contributed by atoms with van der Waals surface area (Å²) in [5.41, 5.74) is 5.04. The molecule has 0 rings (SSSR count). The zero-order valence-electron chi connectivity index (χ0n) is 9.00. The Morgan fingerprint density at radius 1 is 1.38 bits per heavy atom. The van der Waals surface area contributed by atoms with E-state index in [1.165, 1.54) is 0 Å². The Hall–Kier alpha value is -0.0900. The van der Waals surface area contributed by atoms with Crippen molar-refractivity contribution in [3.63, 3.8) is 0 Å². The van der Waals surface area contributed by atoms with Gasteiger partial charge in [0.05, 0.1) is 11.5 Å². The van der Waals surface area contributed by atoms with E-state index in [-0.39, 0.29) is 17.4 Å². The second-order valence-corrected chi connectivity index (χ2v) is 6.67. The molecular weight excluding hydrogens is 186 g/mol. The van der Waals surface area contributed by atoms with Crippen LogP contribution in [0.2, 0.25) is 0 Å². The largest absolute Gasteiger partial charge is 0.325 e. The van der Waals surface area contributed by atoms with Gasteiger partial charge in [-0.05, 0) is 19.8 Å². The first-order chi connectivity index (χ1) is 5.66. The minimum Gasteiger partial charge on any atom is -0.325 e. The van der Waals surface area contributed by atoms with Gasteiger partial charge < -0.3 is 5.73 Å². The molecule has 0 fully saturated rings. The maximum absolute atomic E-state index is 11.5. The number of hydrogen-bond donors (Lipinski definition) is 1. The van der Waals surface area contributed by atoms with Gasteiger partial charge >= 0.3 is 0 Å². The van der Waals surface area contributed by atoms with Crippen molar-refractivity contribution in [1.29, 1.82) is 0 Å². The molecule has 4 heteroatoms. The topological polar surface area (TPSA) is 60.2 Å². The molecule has 0 aliphatic rings. The first kappa shape index (κ1) is 12.9. The highest BCUT2D eigenvalue weighted by atomic mass is 32.2. The Morgan fingerprint density at radius 3 is 2.15 bits per heavy atom. The van der Waals surface area contributed by atoms with Crippen molar-refractivity contribution in [1.82, 2.24) is 0 Å². The average molecular weight is 207 g/mol. The molecular formula is C9H21NO2S. The lowest BCUT2D eigenvalue weighted by atomic mass is 10.1. The molecule has 0 radical (unpaired) electrons. The Balaban J connectivity index is 4.27. The molecule has 1 unspecified atom stereocenters. The summed E-state index contributed by atoms with van der Waals surface area (Å²) in [5, 5.41) is 0. The second kappa shape index (κ2) is 4.42. The summed E-state index contributed by atoms with van der Waals surface area (Å²) in [4.78, 5) is 0. The molecule has 3 nitrogen and oxygen atoms in total. The standard InChI is InChI=1S/C9H21NO2S/c1-5-8(2)6-13(11,12)7-9(3,4)10/h8H,5-7,10H2,1-4H3. The summed E-state index contributed by atoms with van der Waals surface area (Å²) in [6.07, 6.45) is 0.893. The van der Waals surface area contributed by atoms with Gasteiger partial charge in [-0.3, -0.25) is 0 Å². The van der Waals surface area contributed by atoms with Gasteiger partial charge in [0.25, 0.3) is 0 Å².